The van der Waals surface area contributed by atoms with Crippen LogP contribution in [-0.2, 0) is 16.4 Å². The van der Waals surface area contributed by atoms with Crippen molar-refractivity contribution in [3.8, 4) is 5.75 Å². The highest BCUT2D eigenvalue weighted by Gasteiger charge is 2.15. The van der Waals surface area contributed by atoms with Gasteiger partial charge in [0.1, 0.15) is 5.75 Å². The average Bonchev–Trinajstić information content (AvgIpc) is 2.67. The van der Waals surface area contributed by atoms with E-state index in [-0.39, 0.29) is 11.4 Å². The lowest BCUT2D eigenvalue weighted by Gasteiger charge is -2.14. The van der Waals surface area contributed by atoms with Crippen LogP contribution in [0.5, 0.6) is 5.75 Å². The fourth-order valence-electron chi connectivity index (χ4n) is 2.96. The molecule has 0 fully saturated rings. The largest absolute Gasteiger partial charge is 0.493 e. The molecule has 0 spiro atoms. The van der Waals surface area contributed by atoms with Gasteiger partial charge in [-0.3, -0.25) is 0 Å². The van der Waals surface area contributed by atoms with Crippen molar-refractivity contribution in [3.63, 3.8) is 0 Å². The van der Waals surface area contributed by atoms with Crippen LogP contribution < -0.4 is 15.2 Å². The van der Waals surface area contributed by atoms with E-state index < -0.39 is 10.0 Å². The highest BCUT2D eigenvalue weighted by atomic mass is 32.2. The first-order valence-corrected chi connectivity index (χ1v) is 10.5. The van der Waals surface area contributed by atoms with Crippen molar-refractivity contribution in [2.45, 2.75) is 24.7 Å². The maximum Gasteiger partial charge on any atom is 0.240 e. The fraction of sp³-hybridized carbons (Fsp3) is 0.238. The summed E-state index contributed by atoms with van der Waals surface area (Å²) in [7, 11) is -3.58. The molecule has 0 aliphatic rings. The Bertz CT molecular complexity index is 1020. The predicted molar refractivity (Wildman–Crippen MR) is 109 cm³/mol. The van der Waals surface area contributed by atoms with E-state index in [1.54, 1.807) is 12.1 Å². The van der Waals surface area contributed by atoms with Gasteiger partial charge >= 0.3 is 0 Å². The number of nitrogens with one attached hydrogen (secondary N) is 1. The second-order valence-corrected chi connectivity index (χ2v) is 8.10. The minimum absolute atomic E-state index is 0.206. The van der Waals surface area contributed by atoms with E-state index >= 15 is 0 Å². The quantitative estimate of drug-likeness (QED) is 0.580. The molecule has 0 heterocycles. The van der Waals surface area contributed by atoms with Crippen LogP contribution in [0.15, 0.2) is 65.6 Å². The lowest BCUT2D eigenvalue weighted by Crippen LogP contribution is -2.26. The highest BCUT2D eigenvalue weighted by molar-refractivity contribution is 7.89. The van der Waals surface area contributed by atoms with Gasteiger partial charge in [0.05, 0.1) is 11.5 Å². The lowest BCUT2D eigenvalue weighted by atomic mass is 10.0. The van der Waals surface area contributed by atoms with Gasteiger partial charge in [0, 0.05) is 17.8 Å². The topological polar surface area (TPSA) is 81.4 Å². The summed E-state index contributed by atoms with van der Waals surface area (Å²) in [6.45, 7) is 2.97. The van der Waals surface area contributed by atoms with Crippen molar-refractivity contribution in [1.82, 2.24) is 4.72 Å². The molecule has 142 valence electrons. The summed E-state index contributed by atoms with van der Waals surface area (Å²) in [4.78, 5) is 0.206. The molecule has 0 aromatic heterocycles. The summed E-state index contributed by atoms with van der Waals surface area (Å²) in [5.41, 5.74) is 7.17. The van der Waals surface area contributed by atoms with E-state index in [0.717, 1.165) is 28.5 Å². The Labute approximate surface area is 160 Å². The molecule has 0 aliphatic heterocycles. The van der Waals surface area contributed by atoms with Gasteiger partial charge in [0.25, 0.3) is 0 Å². The molecular weight excluding hydrogens is 360 g/mol. The van der Waals surface area contributed by atoms with E-state index in [1.165, 1.54) is 12.1 Å². The number of benzene rings is 3. The van der Waals surface area contributed by atoms with Gasteiger partial charge in [-0.2, -0.15) is 0 Å². The summed E-state index contributed by atoms with van der Waals surface area (Å²) in [5.74, 6) is 0.808. The summed E-state index contributed by atoms with van der Waals surface area (Å²) < 4.78 is 33.5. The first kappa shape index (κ1) is 19.2. The van der Waals surface area contributed by atoms with Gasteiger partial charge in [-0.25, -0.2) is 13.1 Å². The molecule has 27 heavy (non-hydrogen) atoms. The van der Waals surface area contributed by atoms with Gasteiger partial charge in [-0.05, 0) is 53.9 Å². The van der Waals surface area contributed by atoms with Crippen LogP contribution in [0.25, 0.3) is 10.8 Å². The van der Waals surface area contributed by atoms with Crippen LogP contribution in [0.2, 0.25) is 0 Å². The van der Waals surface area contributed by atoms with E-state index in [2.05, 4.69) is 11.6 Å². The van der Waals surface area contributed by atoms with Crippen molar-refractivity contribution in [2.24, 2.45) is 0 Å². The molecule has 3 aromatic rings. The van der Waals surface area contributed by atoms with Crippen molar-refractivity contribution in [1.29, 1.82) is 0 Å². The Morgan fingerprint density at radius 3 is 2.48 bits per heavy atom. The zero-order chi connectivity index (χ0) is 19.3. The van der Waals surface area contributed by atoms with E-state index in [1.807, 2.05) is 36.4 Å². The van der Waals surface area contributed by atoms with Gasteiger partial charge in [0.15, 0.2) is 0 Å². The Kier molecular flexibility index (Phi) is 5.98. The fourth-order valence-corrected chi connectivity index (χ4v) is 3.99. The molecule has 0 saturated heterocycles. The number of sulfonamides is 1. The average molecular weight is 385 g/mol. The molecule has 5 nitrogen and oxygen atoms in total. The molecule has 3 rings (SSSR count). The summed E-state index contributed by atoms with van der Waals surface area (Å²) in [6.07, 6.45) is 1.45. The molecule has 0 saturated carbocycles. The Balaban J connectivity index is 1.80. The Morgan fingerprint density at radius 2 is 1.74 bits per heavy atom. The molecule has 0 bridgehead atoms. The van der Waals surface area contributed by atoms with Crippen LogP contribution in [0.3, 0.4) is 0 Å². The Morgan fingerprint density at radius 1 is 1.00 bits per heavy atom. The van der Waals surface area contributed by atoms with Crippen LogP contribution >= 0.6 is 0 Å². The number of anilines is 1. The zero-order valence-corrected chi connectivity index (χ0v) is 16.1. The summed E-state index contributed by atoms with van der Waals surface area (Å²) >= 11 is 0. The number of ether oxygens (including phenoxy) is 1. The SMILES string of the molecule is CCCOc1ccc2ccccc2c1CCNS(=O)(=O)c1ccc(N)cc1. The number of nitrogens with two attached hydrogens (primary N) is 1. The molecule has 0 atom stereocenters. The maximum absolute atomic E-state index is 12.5. The number of nitrogen functional groups attached to an aromatic ring is 1. The third-order valence-electron chi connectivity index (χ3n) is 4.32. The van der Waals surface area contributed by atoms with Crippen molar-refractivity contribution < 1.29 is 13.2 Å². The van der Waals surface area contributed by atoms with Gasteiger partial charge in [-0.1, -0.05) is 37.3 Å². The van der Waals surface area contributed by atoms with Crippen LogP contribution in [-0.4, -0.2) is 21.6 Å². The van der Waals surface area contributed by atoms with Gasteiger partial charge in [0.2, 0.25) is 10.0 Å². The lowest BCUT2D eigenvalue weighted by molar-refractivity contribution is 0.314. The number of hydrogen-bond donors (Lipinski definition) is 2. The molecule has 0 aliphatic carbocycles. The van der Waals surface area contributed by atoms with E-state index in [9.17, 15) is 8.42 Å². The number of fused-ring (bicyclic) bond motifs is 1. The second kappa shape index (κ2) is 8.41. The number of hydrogen-bond acceptors (Lipinski definition) is 4. The molecule has 6 heteroatoms. The molecule has 0 amide bonds. The maximum atomic E-state index is 12.5. The normalized spacial score (nSPS) is 11.6. The van der Waals surface area contributed by atoms with E-state index in [4.69, 9.17) is 10.5 Å². The number of rotatable bonds is 8. The molecule has 3 aromatic carbocycles. The summed E-state index contributed by atoms with van der Waals surface area (Å²) in [5, 5.41) is 2.19. The van der Waals surface area contributed by atoms with Crippen LogP contribution in [0.4, 0.5) is 5.69 Å². The van der Waals surface area contributed by atoms with Crippen molar-refractivity contribution in [2.75, 3.05) is 18.9 Å². The van der Waals surface area contributed by atoms with Crippen LogP contribution in [0.1, 0.15) is 18.9 Å². The molecule has 0 radical (unpaired) electrons. The van der Waals surface area contributed by atoms with Gasteiger partial charge in [-0.15, -0.1) is 0 Å². The third kappa shape index (κ3) is 4.59. The summed E-state index contributed by atoms with van der Waals surface area (Å²) in [6, 6.07) is 18.2. The second-order valence-electron chi connectivity index (χ2n) is 6.33. The van der Waals surface area contributed by atoms with Crippen LogP contribution in [0, 0.1) is 0 Å². The minimum atomic E-state index is -3.58. The monoisotopic (exact) mass is 384 g/mol. The third-order valence-corrected chi connectivity index (χ3v) is 5.79. The Hall–Kier alpha value is -2.57. The minimum Gasteiger partial charge on any atom is -0.493 e. The molecule has 3 N–H and O–H groups in total. The van der Waals surface area contributed by atoms with Crippen molar-refractivity contribution >= 4 is 26.5 Å². The molecule has 0 unspecified atom stereocenters. The van der Waals surface area contributed by atoms with Gasteiger partial charge < -0.3 is 10.5 Å². The zero-order valence-electron chi connectivity index (χ0n) is 15.3. The molecular formula is C21H24N2O3S. The first-order chi connectivity index (χ1) is 13.0. The van der Waals surface area contributed by atoms with Crippen molar-refractivity contribution in [3.05, 3.63) is 66.2 Å². The smallest absolute Gasteiger partial charge is 0.240 e. The first-order valence-electron chi connectivity index (χ1n) is 9.00. The highest BCUT2D eigenvalue weighted by Crippen LogP contribution is 2.28. The van der Waals surface area contributed by atoms with E-state index in [0.29, 0.717) is 18.7 Å². The predicted octanol–water partition coefficient (Wildman–Crippen LogP) is 3.73. The standard InChI is InChI=1S/C21H24N2O3S/c1-2-15-26-21-12-7-16-5-3-4-6-19(16)20(21)13-14-23-27(24,25)18-10-8-17(22)9-11-18/h3-12,23H,2,13-15,22H2,1H3.